The number of halogens is 1. The van der Waals surface area contributed by atoms with E-state index < -0.39 is 0 Å². The quantitative estimate of drug-likeness (QED) is 0.465. The molecule has 0 spiro atoms. The predicted molar refractivity (Wildman–Crippen MR) is 62.2 cm³/mol. The summed E-state index contributed by atoms with van der Waals surface area (Å²) in [5.41, 5.74) is 1.63. The largest absolute Gasteiger partial charge is 0.0933 e. The first-order chi connectivity index (χ1) is 6.41. The molecule has 0 amide bonds. The van der Waals surface area contributed by atoms with Gasteiger partial charge in [0.05, 0.1) is 0 Å². The van der Waals surface area contributed by atoms with Gasteiger partial charge in [-0.3, -0.25) is 0 Å². The van der Waals surface area contributed by atoms with Gasteiger partial charge in [0.15, 0.2) is 0 Å². The summed E-state index contributed by atoms with van der Waals surface area (Å²) in [4.78, 5) is 0. The van der Waals surface area contributed by atoms with E-state index in [1.165, 1.54) is 51.4 Å². The van der Waals surface area contributed by atoms with Crippen LogP contribution >= 0.6 is 11.6 Å². The molecule has 0 aromatic carbocycles. The van der Waals surface area contributed by atoms with Crippen LogP contribution < -0.4 is 0 Å². The Bertz CT molecular complexity index is 113. The Morgan fingerprint density at radius 2 is 1.36 bits per heavy atom. The fraction of sp³-hybridized carbons (Fsp3) is 0.833. The van der Waals surface area contributed by atoms with Crippen molar-refractivity contribution >= 4 is 11.6 Å². The second-order valence-electron chi connectivity index (χ2n) is 3.63. The van der Waals surface area contributed by atoms with E-state index in [2.05, 4.69) is 6.92 Å². The molecule has 0 bridgehead atoms. The summed E-state index contributed by atoms with van der Waals surface area (Å²) in [7, 11) is 0. The van der Waals surface area contributed by atoms with Crippen LogP contribution in [0.2, 0.25) is 0 Å². The van der Waals surface area contributed by atoms with E-state index in [0.717, 1.165) is 6.42 Å². The molecule has 0 saturated heterocycles. The zero-order valence-electron chi connectivity index (χ0n) is 9.21. The molecule has 0 fully saturated rings. The monoisotopic (exact) mass is 397 g/mol. The normalized spacial score (nSPS) is 10.4. The number of rotatable bonds is 9. The van der Waals surface area contributed by atoms with Gasteiger partial charge in [0.2, 0.25) is 0 Å². The molecule has 0 aromatic rings. The molecular formula is C12H23ClPt. The van der Waals surface area contributed by atoms with Crippen LogP contribution in [0, 0.1) is 0 Å². The van der Waals surface area contributed by atoms with E-state index in [1.807, 2.05) is 6.08 Å². The van der Waals surface area contributed by atoms with E-state index in [-0.39, 0.29) is 21.1 Å². The van der Waals surface area contributed by atoms with E-state index in [9.17, 15) is 0 Å². The molecule has 0 aromatic heterocycles. The van der Waals surface area contributed by atoms with Crippen LogP contribution in [0.5, 0.6) is 0 Å². The minimum atomic E-state index is 0. The zero-order valence-corrected chi connectivity index (χ0v) is 12.2. The van der Waals surface area contributed by atoms with Gasteiger partial charge in [0, 0.05) is 26.6 Å². The molecule has 0 rings (SSSR count). The summed E-state index contributed by atoms with van der Waals surface area (Å²) < 4.78 is 0. The first kappa shape index (κ1) is 17.1. The molecule has 0 unspecified atom stereocenters. The van der Waals surface area contributed by atoms with Crippen LogP contribution in [0.3, 0.4) is 0 Å². The van der Waals surface area contributed by atoms with Crippen molar-refractivity contribution in [2.45, 2.75) is 64.7 Å². The van der Waals surface area contributed by atoms with Crippen molar-refractivity contribution in [3.63, 3.8) is 0 Å². The predicted octanol–water partition coefficient (Wildman–Crippen LogP) is 5.27. The fourth-order valence-corrected chi connectivity index (χ4v) is 1.59. The molecule has 0 heterocycles. The van der Waals surface area contributed by atoms with E-state index >= 15 is 0 Å². The first-order valence-electron chi connectivity index (χ1n) is 5.67. The third-order valence-electron chi connectivity index (χ3n) is 2.31. The van der Waals surface area contributed by atoms with Crippen molar-refractivity contribution < 1.29 is 21.1 Å². The van der Waals surface area contributed by atoms with Crippen LogP contribution in [-0.4, -0.2) is 0 Å². The van der Waals surface area contributed by atoms with Crippen LogP contribution in [0.15, 0.2) is 11.6 Å². The van der Waals surface area contributed by atoms with Gasteiger partial charge < -0.3 is 0 Å². The maximum Gasteiger partial charge on any atom is 0.000245 e. The van der Waals surface area contributed by atoms with Gasteiger partial charge in [-0.05, 0) is 12.8 Å². The SMILES string of the molecule is CCCCCCCCCCC=CCl.[Pt]. The average Bonchev–Trinajstić information content (AvgIpc) is 2.16. The average molecular weight is 398 g/mol. The van der Waals surface area contributed by atoms with Crippen LogP contribution in [0.4, 0.5) is 0 Å². The van der Waals surface area contributed by atoms with Gasteiger partial charge in [-0.1, -0.05) is 69.5 Å². The topological polar surface area (TPSA) is 0 Å². The molecule has 0 saturated carbocycles. The minimum Gasteiger partial charge on any atom is -0.0933 e. The Labute approximate surface area is 109 Å². The van der Waals surface area contributed by atoms with Crippen LogP contribution in [0.25, 0.3) is 0 Å². The van der Waals surface area contributed by atoms with Crippen molar-refractivity contribution in [1.82, 2.24) is 0 Å². The van der Waals surface area contributed by atoms with Gasteiger partial charge in [-0.2, -0.15) is 0 Å². The Kier molecular flexibility index (Phi) is 19.8. The molecule has 0 radical (unpaired) electrons. The van der Waals surface area contributed by atoms with Crippen molar-refractivity contribution in [3.05, 3.63) is 11.6 Å². The molecule has 2 heteroatoms. The summed E-state index contributed by atoms with van der Waals surface area (Å²) in [6, 6.07) is 0. The summed E-state index contributed by atoms with van der Waals surface area (Å²) in [5.74, 6) is 0. The Balaban J connectivity index is 0. The Morgan fingerprint density at radius 3 is 1.86 bits per heavy atom. The van der Waals surface area contributed by atoms with Gasteiger partial charge >= 0.3 is 0 Å². The molecule has 14 heavy (non-hydrogen) atoms. The van der Waals surface area contributed by atoms with E-state index in [1.54, 1.807) is 5.54 Å². The van der Waals surface area contributed by atoms with E-state index in [4.69, 9.17) is 11.6 Å². The summed E-state index contributed by atoms with van der Waals surface area (Å²) in [5, 5.41) is 0. The first-order valence-corrected chi connectivity index (χ1v) is 6.10. The molecule has 0 aliphatic carbocycles. The number of hydrogen-bond acceptors (Lipinski definition) is 0. The molecule has 0 atom stereocenters. The van der Waals surface area contributed by atoms with Crippen molar-refractivity contribution in [2.75, 3.05) is 0 Å². The smallest absolute Gasteiger partial charge is 0.000245 e. The van der Waals surface area contributed by atoms with Crippen LogP contribution in [0.1, 0.15) is 64.7 Å². The summed E-state index contributed by atoms with van der Waals surface area (Å²) >= 11 is 5.42. The second kappa shape index (κ2) is 16.2. The maximum atomic E-state index is 5.42. The molecule has 88 valence electrons. The third-order valence-corrected chi connectivity index (χ3v) is 2.49. The van der Waals surface area contributed by atoms with Gasteiger partial charge in [0.25, 0.3) is 0 Å². The maximum absolute atomic E-state index is 5.42. The molecular weight excluding hydrogens is 375 g/mol. The van der Waals surface area contributed by atoms with Crippen molar-refractivity contribution in [1.29, 1.82) is 0 Å². The molecule has 0 nitrogen and oxygen atoms in total. The molecule has 0 aliphatic rings. The summed E-state index contributed by atoms with van der Waals surface area (Å²) in [6.45, 7) is 2.26. The van der Waals surface area contributed by atoms with Gasteiger partial charge in [-0.25, -0.2) is 0 Å². The third kappa shape index (κ3) is 15.2. The Hall–Kier alpha value is 0.718. The van der Waals surface area contributed by atoms with Crippen LogP contribution in [-0.2, 0) is 21.1 Å². The summed E-state index contributed by atoms with van der Waals surface area (Å²) in [6.07, 6.45) is 14.3. The zero-order chi connectivity index (χ0) is 9.78. The van der Waals surface area contributed by atoms with Gasteiger partial charge in [0.1, 0.15) is 0 Å². The number of hydrogen-bond donors (Lipinski definition) is 0. The van der Waals surface area contributed by atoms with Crippen molar-refractivity contribution in [3.8, 4) is 0 Å². The standard InChI is InChI=1S/C12H23Cl.Pt/c1-2-3-4-5-6-7-8-9-10-11-12-13;/h11-12H,2-10H2,1H3;. The van der Waals surface area contributed by atoms with Crippen molar-refractivity contribution in [2.24, 2.45) is 0 Å². The molecule has 0 N–H and O–H groups in total. The molecule has 0 aliphatic heterocycles. The van der Waals surface area contributed by atoms with Gasteiger partial charge in [-0.15, -0.1) is 0 Å². The Morgan fingerprint density at radius 1 is 0.857 bits per heavy atom. The minimum absolute atomic E-state index is 0. The fourth-order valence-electron chi connectivity index (χ4n) is 1.46. The second-order valence-corrected chi connectivity index (χ2v) is 3.88. The number of allylic oxidation sites excluding steroid dienone is 1. The number of unbranched alkanes of at least 4 members (excludes halogenated alkanes) is 8. The van der Waals surface area contributed by atoms with E-state index in [0.29, 0.717) is 0 Å².